The van der Waals surface area contributed by atoms with Gasteiger partial charge in [0, 0.05) is 38.9 Å². The molecule has 0 spiro atoms. The monoisotopic (exact) mass is 303 g/mol. The Kier molecular flexibility index (Phi) is 3.93. The summed E-state index contributed by atoms with van der Waals surface area (Å²) in [4.78, 5) is 21.0. The quantitative estimate of drug-likeness (QED) is 0.870. The average Bonchev–Trinajstić information content (AvgIpc) is 3.08. The third kappa shape index (κ3) is 2.74. The Balaban J connectivity index is 1.62. The van der Waals surface area contributed by atoms with Crippen LogP contribution in [0.4, 0.5) is 0 Å². The number of nitrogens with one attached hydrogen (secondary N) is 1. The number of rotatable bonds is 3. The minimum Gasteiger partial charge on any atom is -0.336 e. The molecule has 3 heterocycles. The Morgan fingerprint density at radius 3 is 2.55 bits per heavy atom. The predicted molar refractivity (Wildman–Crippen MR) is 80.2 cm³/mol. The van der Waals surface area contributed by atoms with Crippen LogP contribution in [0.2, 0.25) is 0 Å². The van der Waals surface area contributed by atoms with E-state index in [1.54, 1.807) is 4.68 Å². The van der Waals surface area contributed by atoms with Crippen LogP contribution in [0.1, 0.15) is 27.6 Å². The van der Waals surface area contributed by atoms with Crippen LogP contribution >= 0.6 is 0 Å². The number of hydrogen-bond acceptors (Lipinski definition) is 5. The molecule has 118 valence electrons. The number of aryl methyl sites for hydroxylation is 2. The molecule has 1 amide bonds. The molecule has 8 heteroatoms. The van der Waals surface area contributed by atoms with Crippen LogP contribution in [-0.4, -0.2) is 66.8 Å². The lowest BCUT2D eigenvalue weighted by Gasteiger charge is -2.34. The Bertz CT molecular complexity index is 653. The van der Waals surface area contributed by atoms with Crippen molar-refractivity contribution in [3.05, 3.63) is 29.1 Å². The van der Waals surface area contributed by atoms with Crippen molar-refractivity contribution < 1.29 is 4.79 Å². The van der Waals surface area contributed by atoms with Crippen molar-refractivity contribution >= 4 is 5.91 Å². The number of amides is 1. The van der Waals surface area contributed by atoms with E-state index in [-0.39, 0.29) is 5.91 Å². The number of carbonyl (C=O) groups is 1. The Morgan fingerprint density at radius 2 is 2.00 bits per heavy atom. The van der Waals surface area contributed by atoms with Crippen molar-refractivity contribution in [2.24, 2.45) is 7.05 Å². The van der Waals surface area contributed by atoms with Gasteiger partial charge in [-0.3, -0.25) is 19.5 Å². The van der Waals surface area contributed by atoms with Gasteiger partial charge in [0.2, 0.25) is 0 Å². The Labute approximate surface area is 129 Å². The van der Waals surface area contributed by atoms with Crippen molar-refractivity contribution in [2.75, 3.05) is 26.2 Å². The average molecular weight is 303 g/mol. The lowest BCUT2D eigenvalue weighted by molar-refractivity contribution is 0.0624. The standard InChI is InChI=1S/C14H21N7O/c1-10-13(11(2)19(3)18-10)14(22)21-6-4-20(5-7-21)8-12-15-9-16-17-12/h9H,4-8H2,1-3H3,(H,15,16,17). The van der Waals surface area contributed by atoms with E-state index in [0.717, 1.165) is 55.5 Å². The first kappa shape index (κ1) is 14.7. The fourth-order valence-electron chi connectivity index (χ4n) is 2.87. The smallest absolute Gasteiger partial charge is 0.257 e. The number of aromatic nitrogens is 5. The predicted octanol–water partition coefficient (Wildman–Crippen LogP) is 0.113. The number of carbonyl (C=O) groups excluding carboxylic acids is 1. The van der Waals surface area contributed by atoms with Crippen molar-refractivity contribution in [1.29, 1.82) is 0 Å². The van der Waals surface area contributed by atoms with E-state index in [2.05, 4.69) is 25.2 Å². The highest BCUT2D eigenvalue weighted by atomic mass is 16.2. The number of aromatic amines is 1. The summed E-state index contributed by atoms with van der Waals surface area (Å²) in [6.07, 6.45) is 1.52. The molecular formula is C14H21N7O. The minimum atomic E-state index is 0.0856. The van der Waals surface area contributed by atoms with Gasteiger partial charge >= 0.3 is 0 Å². The lowest BCUT2D eigenvalue weighted by atomic mass is 10.1. The van der Waals surface area contributed by atoms with Crippen LogP contribution in [-0.2, 0) is 13.6 Å². The van der Waals surface area contributed by atoms with Gasteiger partial charge in [0.05, 0.1) is 17.8 Å². The van der Waals surface area contributed by atoms with Gasteiger partial charge in [-0.15, -0.1) is 0 Å². The minimum absolute atomic E-state index is 0.0856. The van der Waals surface area contributed by atoms with Crippen molar-refractivity contribution in [1.82, 2.24) is 34.8 Å². The zero-order valence-corrected chi connectivity index (χ0v) is 13.2. The van der Waals surface area contributed by atoms with Gasteiger partial charge in [-0.1, -0.05) is 0 Å². The Morgan fingerprint density at radius 1 is 1.27 bits per heavy atom. The molecule has 2 aromatic heterocycles. The number of hydrogen-bond donors (Lipinski definition) is 1. The summed E-state index contributed by atoms with van der Waals surface area (Å²) >= 11 is 0. The van der Waals surface area contributed by atoms with Gasteiger partial charge < -0.3 is 4.90 Å². The molecule has 22 heavy (non-hydrogen) atoms. The molecule has 1 fully saturated rings. The van der Waals surface area contributed by atoms with Gasteiger partial charge in [0.1, 0.15) is 12.2 Å². The summed E-state index contributed by atoms with van der Waals surface area (Å²) < 4.78 is 1.77. The number of nitrogens with zero attached hydrogens (tertiary/aromatic N) is 6. The summed E-state index contributed by atoms with van der Waals surface area (Å²) in [5.41, 5.74) is 2.46. The maximum atomic E-state index is 12.7. The molecule has 0 saturated carbocycles. The molecule has 0 unspecified atom stereocenters. The zero-order valence-electron chi connectivity index (χ0n) is 13.2. The summed E-state index contributed by atoms with van der Waals surface area (Å²) in [7, 11) is 1.87. The molecule has 3 rings (SSSR count). The van der Waals surface area contributed by atoms with Crippen LogP contribution < -0.4 is 0 Å². The molecule has 1 N–H and O–H groups in total. The van der Waals surface area contributed by atoms with Gasteiger partial charge in [0.25, 0.3) is 5.91 Å². The molecule has 0 aliphatic carbocycles. The van der Waals surface area contributed by atoms with E-state index < -0.39 is 0 Å². The molecule has 1 aliphatic heterocycles. The van der Waals surface area contributed by atoms with Gasteiger partial charge in [-0.05, 0) is 13.8 Å². The van der Waals surface area contributed by atoms with E-state index in [9.17, 15) is 4.79 Å². The highest BCUT2D eigenvalue weighted by Crippen LogP contribution is 2.16. The van der Waals surface area contributed by atoms with E-state index in [0.29, 0.717) is 0 Å². The molecular weight excluding hydrogens is 282 g/mol. The second-order valence-corrected chi connectivity index (χ2v) is 5.67. The van der Waals surface area contributed by atoms with Crippen molar-refractivity contribution in [3.63, 3.8) is 0 Å². The second kappa shape index (κ2) is 5.88. The number of H-pyrrole nitrogens is 1. The highest BCUT2D eigenvalue weighted by Gasteiger charge is 2.26. The SMILES string of the molecule is Cc1nn(C)c(C)c1C(=O)N1CCN(Cc2ncn[nH]2)CC1. The number of piperazine rings is 1. The summed E-state index contributed by atoms with van der Waals surface area (Å²) in [6, 6.07) is 0. The lowest BCUT2D eigenvalue weighted by Crippen LogP contribution is -2.48. The van der Waals surface area contributed by atoms with Crippen LogP contribution in [0.25, 0.3) is 0 Å². The van der Waals surface area contributed by atoms with E-state index >= 15 is 0 Å². The van der Waals surface area contributed by atoms with Crippen LogP contribution in [0, 0.1) is 13.8 Å². The van der Waals surface area contributed by atoms with Gasteiger partial charge in [-0.25, -0.2) is 4.98 Å². The van der Waals surface area contributed by atoms with Gasteiger partial charge in [-0.2, -0.15) is 10.2 Å². The third-order valence-corrected chi connectivity index (χ3v) is 4.22. The third-order valence-electron chi connectivity index (χ3n) is 4.22. The molecule has 0 aromatic carbocycles. The van der Waals surface area contributed by atoms with Crippen LogP contribution in [0.3, 0.4) is 0 Å². The zero-order chi connectivity index (χ0) is 15.7. The van der Waals surface area contributed by atoms with Crippen molar-refractivity contribution in [3.8, 4) is 0 Å². The largest absolute Gasteiger partial charge is 0.336 e. The fourth-order valence-corrected chi connectivity index (χ4v) is 2.87. The second-order valence-electron chi connectivity index (χ2n) is 5.67. The van der Waals surface area contributed by atoms with Crippen LogP contribution in [0.15, 0.2) is 6.33 Å². The normalized spacial score (nSPS) is 16.2. The summed E-state index contributed by atoms with van der Waals surface area (Å²) in [5, 5.41) is 11.1. The van der Waals surface area contributed by atoms with E-state index in [4.69, 9.17) is 0 Å². The molecule has 1 aliphatic rings. The Hall–Kier alpha value is -2.22. The van der Waals surface area contributed by atoms with Crippen molar-refractivity contribution in [2.45, 2.75) is 20.4 Å². The van der Waals surface area contributed by atoms with Gasteiger partial charge in [0.15, 0.2) is 0 Å². The summed E-state index contributed by atoms with van der Waals surface area (Å²) in [5.74, 6) is 0.946. The first-order chi connectivity index (χ1) is 10.6. The molecule has 8 nitrogen and oxygen atoms in total. The molecule has 1 saturated heterocycles. The van der Waals surface area contributed by atoms with Crippen LogP contribution in [0.5, 0.6) is 0 Å². The first-order valence-electron chi connectivity index (χ1n) is 7.42. The maximum absolute atomic E-state index is 12.7. The summed E-state index contributed by atoms with van der Waals surface area (Å²) in [6.45, 7) is 7.69. The topological polar surface area (TPSA) is 82.9 Å². The first-order valence-corrected chi connectivity index (χ1v) is 7.42. The molecule has 0 atom stereocenters. The molecule has 0 bridgehead atoms. The molecule has 0 radical (unpaired) electrons. The van der Waals surface area contributed by atoms with E-state index in [1.165, 1.54) is 6.33 Å². The highest BCUT2D eigenvalue weighted by molar-refractivity contribution is 5.96. The van der Waals surface area contributed by atoms with E-state index in [1.807, 2.05) is 25.8 Å². The fraction of sp³-hybridized carbons (Fsp3) is 0.571. The molecule has 2 aromatic rings. The maximum Gasteiger partial charge on any atom is 0.257 e.